The summed E-state index contributed by atoms with van der Waals surface area (Å²) >= 11 is 18.1. The van der Waals surface area contributed by atoms with E-state index in [4.69, 9.17) is 34.8 Å². The first-order valence-electron chi connectivity index (χ1n) is 10.8. The minimum Gasteiger partial charge on any atom is -0.292 e. The van der Waals surface area contributed by atoms with Crippen molar-refractivity contribution in [3.63, 3.8) is 0 Å². The molecule has 3 amide bonds. The van der Waals surface area contributed by atoms with Crippen LogP contribution in [-0.2, 0) is 9.59 Å². The summed E-state index contributed by atoms with van der Waals surface area (Å²) in [6.07, 6.45) is 4.68. The Morgan fingerprint density at radius 1 is 0.882 bits per heavy atom. The van der Waals surface area contributed by atoms with Crippen LogP contribution in [0.2, 0.25) is 15.1 Å². The van der Waals surface area contributed by atoms with Crippen LogP contribution in [0.3, 0.4) is 0 Å². The summed E-state index contributed by atoms with van der Waals surface area (Å²) in [5.41, 5.74) is 0.397. The van der Waals surface area contributed by atoms with E-state index in [9.17, 15) is 19.2 Å². The number of allylic oxidation sites excluding steroid dienone is 2. The van der Waals surface area contributed by atoms with Crippen molar-refractivity contribution in [2.45, 2.75) is 19.4 Å². The molecule has 2 aliphatic carbocycles. The maximum absolute atomic E-state index is 13.7. The van der Waals surface area contributed by atoms with Gasteiger partial charge in [0.05, 0.1) is 21.9 Å². The maximum Gasteiger partial charge on any atom is 0.273 e. The third-order valence-corrected chi connectivity index (χ3v) is 7.90. The number of nitrogens with zero attached hydrogens (tertiary/aromatic N) is 2. The Hall–Kier alpha value is -2.67. The standard InChI is InChI=1S/C25H19Cl3N2O4/c1-12(22(31)13-4-7-17(26)8-5-13)29(23(32)16-6-9-18(27)19(28)11-16)30-24(33)20-14-2-3-15(10-14)21(20)25(30)34/h2-9,11-12,14-15,20-21H,10H2,1H3/t12-,14+,15+,20-,21+/m1/s1. The van der Waals surface area contributed by atoms with Crippen molar-refractivity contribution in [3.05, 3.63) is 80.8 Å². The summed E-state index contributed by atoms with van der Waals surface area (Å²) in [5.74, 6) is -3.19. The fourth-order valence-corrected chi connectivity index (χ4v) is 5.69. The van der Waals surface area contributed by atoms with Crippen LogP contribution < -0.4 is 0 Å². The van der Waals surface area contributed by atoms with Crippen LogP contribution in [0.5, 0.6) is 0 Å². The zero-order chi connectivity index (χ0) is 24.3. The van der Waals surface area contributed by atoms with Gasteiger partial charge in [0.2, 0.25) is 0 Å². The number of carbonyl (C=O) groups excluding carboxylic acids is 4. The van der Waals surface area contributed by atoms with E-state index in [2.05, 4.69) is 0 Å². The molecule has 34 heavy (non-hydrogen) atoms. The number of hydrogen-bond donors (Lipinski definition) is 0. The first-order chi connectivity index (χ1) is 16.2. The molecule has 5 rings (SSSR count). The van der Waals surface area contributed by atoms with Gasteiger partial charge in [-0.05, 0) is 67.6 Å². The average molecular weight is 518 g/mol. The molecule has 0 unspecified atom stereocenters. The summed E-state index contributed by atoms with van der Waals surface area (Å²) in [7, 11) is 0. The lowest BCUT2D eigenvalue weighted by atomic mass is 9.85. The van der Waals surface area contributed by atoms with Crippen molar-refractivity contribution in [3.8, 4) is 0 Å². The minimum absolute atomic E-state index is 0.0411. The van der Waals surface area contributed by atoms with Crippen molar-refractivity contribution in [1.29, 1.82) is 0 Å². The van der Waals surface area contributed by atoms with Crippen molar-refractivity contribution in [2.24, 2.45) is 23.7 Å². The minimum atomic E-state index is -1.15. The van der Waals surface area contributed by atoms with Crippen LogP contribution in [0.25, 0.3) is 0 Å². The Morgan fingerprint density at radius 2 is 1.44 bits per heavy atom. The van der Waals surface area contributed by atoms with E-state index in [1.54, 1.807) is 12.1 Å². The molecule has 2 aromatic rings. The Kier molecular flexibility index (Phi) is 5.79. The van der Waals surface area contributed by atoms with Crippen molar-refractivity contribution in [2.75, 3.05) is 0 Å². The quantitative estimate of drug-likeness (QED) is 0.315. The lowest BCUT2D eigenvalue weighted by Gasteiger charge is -2.35. The third kappa shape index (κ3) is 3.56. The normalized spacial score (nSPS) is 25.6. The van der Waals surface area contributed by atoms with Gasteiger partial charge in [-0.2, -0.15) is 5.01 Å². The maximum atomic E-state index is 13.7. The highest BCUT2D eigenvalue weighted by molar-refractivity contribution is 6.42. The van der Waals surface area contributed by atoms with Crippen LogP contribution in [0.15, 0.2) is 54.6 Å². The molecule has 2 bridgehead atoms. The number of Topliss-reactive ketones (excluding diaryl/α,β-unsaturated/α-hetero) is 1. The molecule has 2 fully saturated rings. The molecule has 9 heteroatoms. The number of hydrogen-bond acceptors (Lipinski definition) is 4. The number of amides is 3. The van der Waals surface area contributed by atoms with E-state index >= 15 is 0 Å². The topological polar surface area (TPSA) is 74.8 Å². The molecule has 1 aliphatic heterocycles. The Morgan fingerprint density at radius 3 is 2.00 bits per heavy atom. The number of carbonyl (C=O) groups is 4. The van der Waals surface area contributed by atoms with Crippen molar-refractivity contribution >= 4 is 58.3 Å². The fourth-order valence-electron chi connectivity index (χ4n) is 5.27. The Bertz CT molecular complexity index is 1230. The van der Waals surface area contributed by atoms with Crippen molar-refractivity contribution in [1.82, 2.24) is 10.0 Å². The zero-order valence-corrected chi connectivity index (χ0v) is 20.2. The van der Waals surface area contributed by atoms with Crippen molar-refractivity contribution < 1.29 is 19.2 Å². The van der Waals surface area contributed by atoms with E-state index in [0.29, 0.717) is 10.6 Å². The summed E-state index contributed by atoms with van der Waals surface area (Å²) in [6.45, 7) is 1.49. The summed E-state index contributed by atoms with van der Waals surface area (Å²) < 4.78 is 0. The molecule has 0 spiro atoms. The molecule has 3 aliphatic rings. The largest absolute Gasteiger partial charge is 0.292 e. The van der Waals surface area contributed by atoms with E-state index in [1.165, 1.54) is 37.3 Å². The highest BCUT2D eigenvalue weighted by Gasteiger charge is 2.61. The number of fused-ring (bicyclic) bond motifs is 5. The first kappa shape index (κ1) is 23.1. The predicted molar refractivity (Wildman–Crippen MR) is 127 cm³/mol. The molecule has 1 heterocycles. The number of benzene rings is 2. The molecule has 1 saturated carbocycles. The second kappa shape index (κ2) is 8.52. The molecule has 2 aromatic carbocycles. The Balaban J connectivity index is 1.56. The molecular weight excluding hydrogens is 499 g/mol. The highest BCUT2D eigenvalue weighted by Crippen LogP contribution is 2.53. The van der Waals surface area contributed by atoms with Gasteiger partial charge in [0, 0.05) is 16.1 Å². The van der Waals surface area contributed by atoms with Gasteiger partial charge in [0.25, 0.3) is 17.7 Å². The van der Waals surface area contributed by atoms with Crippen LogP contribution in [0.4, 0.5) is 0 Å². The smallest absolute Gasteiger partial charge is 0.273 e. The zero-order valence-electron chi connectivity index (χ0n) is 18.0. The fraction of sp³-hybridized carbons (Fsp3) is 0.280. The molecule has 174 valence electrons. The van der Waals surface area contributed by atoms with E-state index in [1.807, 2.05) is 12.2 Å². The Labute approximate surface area is 211 Å². The van der Waals surface area contributed by atoms with Gasteiger partial charge in [-0.25, -0.2) is 5.01 Å². The van der Waals surface area contributed by atoms with Crippen LogP contribution in [-0.4, -0.2) is 39.6 Å². The molecular formula is C25H19Cl3N2O4. The number of imide groups is 1. The van der Waals surface area contributed by atoms with Gasteiger partial charge < -0.3 is 0 Å². The van der Waals surface area contributed by atoms with Gasteiger partial charge in [-0.1, -0.05) is 47.0 Å². The predicted octanol–water partition coefficient (Wildman–Crippen LogP) is 5.08. The van der Waals surface area contributed by atoms with Crippen LogP contribution in [0.1, 0.15) is 34.1 Å². The van der Waals surface area contributed by atoms with Gasteiger partial charge in [0.1, 0.15) is 6.04 Å². The van der Waals surface area contributed by atoms with E-state index < -0.39 is 41.4 Å². The number of ketones is 1. The summed E-state index contributed by atoms with van der Waals surface area (Å²) in [5, 5.41) is 2.69. The van der Waals surface area contributed by atoms with Gasteiger partial charge in [-0.3, -0.25) is 19.2 Å². The number of rotatable bonds is 5. The average Bonchev–Trinajstić information content (AvgIpc) is 3.51. The molecule has 6 nitrogen and oxygen atoms in total. The lowest BCUT2D eigenvalue weighted by Crippen LogP contribution is -2.56. The second-order valence-corrected chi connectivity index (χ2v) is 10.1. The van der Waals surface area contributed by atoms with E-state index in [-0.39, 0.29) is 27.4 Å². The van der Waals surface area contributed by atoms with Gasteiger partial charge in [0.15, 0.2) is 5.78 Å². The molecule has 1 saturated heterocycles. The van der Waals surface area contributed by atoms with Crippen LogP contribution in [0, 0.1) is 23.7 Å². The summed E-state index contributed by atoms with van der Waals surface area (Å²) in [4.78, 5) is 54.1. The number of halogens is 3. The molecule has 5 atom stereocenters. The monoisotopic (exact) mass is 516 g/mol. The lowest BCUT2D eigenvalue weighted by molar-refractivity contribution is -0.157. The summed E-state index contributed by atoms with van der Waals surface area (Å²) in [6, 6.07) is 9.30. The molecule has 0 radical (unpaired) electrons. The third-order valence-electron chi connectivity index (χ3n) is 6.91. The number of hydrazine groups is 1. The van der Waals surface area contributed by atoms with Gasteiger partial charge >= 0.3 is 0 Å². The SMILES string of the molecule is C[C@H](C(=O)c1ccc(Cl)cc1)N(C(=O)c1ccc(Cl)c(Cl)c1)N1C(=O)[C@@H]2[C@H](C1=O)[C@H]1C=C[C@H]2C1. The molecule has 0 aromatic heterocycles. The van der Waals surface area contributed by atoms with Crippen LogP contribution >= 0.6 is 34.8 Å². The highest BCUT2D eigenvalue weighted by atomic mass is 35.5. The van der Waals surface area contributed by atoms with E-state index in [0.717, 1.165) is 16.4 Å². The van der Waals surface area contributed by atoms with Gasteiger partial charge in [-0.15, -0.1) is 0 Å². The second-order valence-electron chi connectivity index (χ2n) is 8.81. The molecule has 0 N–H and O–H groups in total. The first-order valence-corrected chi connectivity index (χ1v) is 12.0.